The van der Waals surface area contributed by atoms with Crippen LogP contribution in [0.25, 0.3) is 0 Å². The first-order valence-corrected chi connectivity index (χ1v) is 8.39. The number of nitro groups is 1. The minimum atomic E-state index is -0.532. The summed E-state index contributed by atoms with van der Waals surface area (Å²) in [6.45, 7) is 8.01. The topological polar surface area (TPSA) is 93.9 Å². The molecule has 0 aliphatic carbocycles. The number of para-hydroxylation sites is 2. The molecule has 8 nitrogen and oxygen atoms in total. The SMILES string of the molecule is CC1CN(C(C)CNC(=O)COc2ccccc2[N+](=O)[O-])CC(C)O1. The van der Waals surface area contributed by atoms with E-state index in [0.29, 0.717) is 6.54 Å². The van der Waals surface area contributed by atoms with Gasteiger partial charge in [0.2, 0.25) is 0 Å². The lowest BCUT2D eigenvalue weighted by molar-refractivity contribution is -0.385. The fourth-order valence-electron chi connectivity index (χ4n) is 2.89. The number of ether oxygens (including phenoxy) is 2. The Bertz CT molecular complexity index is 600. The van der Waals surface area contributed by atoms with Gasteiger partial charge < -0.3 is 14.8 Å². The van der Waals surface area contributed by atoms with Crippen LogP contribution < -0.4 is 10.1 Å². The number of benzene rings is 1. The van der Waals surface area contributed by atoms with Gasteiger partial charge in [0.05, 0.1) is 17.1 Å². The molecule has 2 rings (SSSR count). The molecule has 1 aromatic carbocycles. The van der Waals surface area contributed by atoms with Gasteiger partial charge in [0.1, 0.15) is 0 Å². The number of rotatable bonds is 7. The summed E-state index contributed by atoms with van der Waals surface area (Å²) in [5.41, 5.74) is -0.153. The van der Waals surface area contributed by atoms with Crippen molar-refractivity contribution in [3.05, 3.63) is 34.4 Å². The molecule has 1 amide bonds. The monoisotopic (exact) mass is 351 g/mol. The average Bonchev–Trinajstić information content (AvgIpc) is 2.57. The second kappa shape index (κ2) is 8.77. The van der Waals surface area contributed by atoms with Crippen LogP contribution in [0.15, 0.2) is 24.3 Å². The van der Waals surface area contributed by atoms with Gasteiger partial charge in [-0.1, -0.05) is 12.1 Å². The zero-order chi connectivity index (χ0) is 18.4. The molecule has 1 heterocycles. The predicted octanol–water partition coefficient (Wildman–Crippen LogP) is 1.59. The molecule has 1 aromatic rings. The Kier molecular flexibility index (Phi) is 6.72. The molecule has 0 bridgehead atoms. The molecule has 1 saturated heterocycles. The van der Waals surface area contributed by atoms with Gasteiger partial charge in [-0.3, -0.25) is 19.8 Å². The molecule has 3 atom stereocenters. The van der Waals surface area contributed by atoms with Crippen LogP contribution in [0.5, 0.6) is 5.75 Å². The lowest BCUT2D eigenvalue weighted by Crippen LogP contribution is -2.52. The van der Waals surface area contributed by atoms with E-state index in [4.69, 9.17) is 9.47 Å². The quantitative estimate of drug-likeness (QED) is 0.592. The number of nitrogens with zero attached hydrogens (tertiary/aromatic N) is 2. The lowest BCUT2D eigenvalue weighted by atomic mass is 10.2. The third-order valence-corrected chi connectivity index (χ3v) is 4.09. The van der Waals surface area contributed by atoms with Gasteiger partial charge in [0.25, 0.3) is 5.91 Å². The lowest BCUT2D eigenvalue weighted by Gasteiger charge is -2.38. The minimum Gasteiger partial charge on any atom is -0.477 e. The number of amides is 1. The highest BCUT2D eigenvalue weighted by atomic mass is 16.6. The first-order chi connectivity index (χ1) is 11.9. The van der Waals surface area contributed by atoms with E-state index < -0.39 is 4.92 Å². The van der Waals surface area contributed by atoms with E-state index >= 15 is 0 Å². The summed E-state index contributed by atoms with van der Waals surface area (Å²) in [5.74, 6) is -0.217. The number of hydrogen-bond acceptors (Lipinski definition) is 6. The summed E-state index contributed by atoms with van der Waals surface area (Å²) in [4.78, 5) is 24.6. The van der Waals surface area contributed by atoms with Crippen LogP contribution in [-0.4, -0.2) is 60.2 Å². The van der Waals surface area contributed by atoms with Gasteiger partial charge in [-0.25, -0.2) is 0 Å². The number of nitrogens with one attached hydrogen (secondary N) is 1. The molecule has 0 spiro atoms. The Labute approximate surface area is 147 Å². The molecule has 0 radical (unpaired) electrons. The summed E-state index contributed by atoms with van der Waals surface area (Å²) in [6, 6.07) is 6.17. The number of morpholine rings is 1. The molecule has 138 valence electrons. The maximum atomic E-state index is 12.0. The van der Waals surface area contributed by atoms with Crippen LogP contribution in [0.2, 0.25) is 0 Å². The number of nitro benzene ring substituents is 1. The van der Waals surface area contributed by atoms with Gasteiger partial charge in [0, 0.05) is 31.7 Å². The second-order valence-electron chi connectivity index (χ2n) is 6.38. The zero-order valence-corrected chi connectivity index (χ0v) is 14.8. The Morgan fingerprint density at radius 2 is 2.04 bits per heavy atom. The molecule has 0 saturated carbocycles. The van der Waals surface area contributed by atoms with Crippen molar-refractivity contribution in [1.82, 2.24) is 10.2 Å². The number of carbonyl (C=O) groups is 1. The van der Waals surface area contributed by atoms with Crippen LogP contribution >= 0.6 is 0 Å². The molecule has 3 unspecified atom stereocenters. The van der Waals surface area contributed by atoms with Crippen molar-refractivity contribution in [1.29, 1.82) is 0 Å². The second-order valence-corrected chi connectivity index (χ2v) is 6.38. The fraction of sp³-hybridized carbons (Fsp3) is 0.588. The molecule has 8 heteroatoms. The van der Waals surface area contributed by atoms with E-state index in [9.17, 15) is 14.9 Å². The van der Waals surface area contributed by atoms with Gasteiger partial charge in [-0.2, -0.15) is 0 Å². The van der Waals surface area contributed by atoms with E-state index in [1.807, 2.05) is 20.8 Å². The number of carbonyl (C=O) groups excluding carboxylic acids is 1. The highest BCUT2D eigenvalue weighted by molar-refractivity contribution is 5.77. The Hall–Kier alpha value is -2.19. The van der Waals surface area contributed by atoms with Gasteiger partial charge in [-0.15, -0.1) is 0 Å². The highest BCUT2D eigenvalue weighted by Crippen LogP contribution is 2.25. The van der Waals surface area contributed by atoms with E-state index in [0.717, 1.165) is 13.1 Å². The Morgan fingerprint density at radius 1 is 1.40 bits per heavy atom. The van der Waals surface area contributed by atoms with Crippen LogP contribution in [0.4, 0.5) is 5.69 Å². The van der Waals surface area contributed by atoms with Crippen molar-refractivity contribution in [3.63, 3.8) is 0 Å². The molecule has 1 aliphatic heterocycles. The van der Waals surface area contributed by atoms with Crippen molar-refractivity contribution in [3.8, 4) is 5.75 Å². The van der Waals surface area contributed by atoms with Crippen LogP contribution in [-0.2, 0) is 9.53 Å². The standard InChI is InChI=1S/C17H25N3O5/c1-12(19-9-13(2)25-14(3)10-19)8-18-17(21)11-24-16-7-5-4-6-15(16)20(22)23/h4-7,12-14H,8-11H2,1-3H3,(H,18,21). The summed E-state index contributed by atoms with van der Waals surface area (Å²) >= 11 is 0. The summed E-state index contributed by atoms with van der Waals surface area (Å²) in [7, 11) is 0. The third kappa shape index (κ3) is 5.68. The minimum absolute atomic E-state index is 0.0894. The van der Waals surface area contributed by atoms with Crippen molar-refractivity contribution in [2.24, 2.45) is 0 Å². The van der Waals surface area contributed by atoms with Crippen molar-refractivity contribution in [2.45, 2.75) is 39.0 Å². The maximum Gasteiger partial charge on any atom is 0.310 e. The molecular formula is C17H25N3O5. The first kappa shape index (κ1) is 19.1. The Balaban J connectivity index is 1.78. The smallest absolute Gasteiger partial charge is 0.310 e. The fourth-order valence-corrected chi connectivity index (χ4v) is 2.89. The van der Waals surface area contributed by atoms with Crippen molar-refractivity contribution < 1.29 is 19.2 Å². The van der Waals surface area contributed by atoms with E-state index in [1.54, 1.807) is 12.1 Å². The van der Waals surface area contributed by atoms with Crippen LogP contribution in [0.1, 0.15) is 20.8 Å². The molecule has 25 heavy (non-hydrogen) atoms. The first-order valence-electron chi connectivity index (χ1n) is 8.39. The van der Waals surface area contributed by atoms with E-state index in [1.165, 1.54) is 12.1 Å². The van der Waals surface area contributed by atoms with E-state index in [2.05, 4.69) is 10.2 Å². The molecule has 1 aliphatic rings. The van der Waals surface area contributed by atoms with Gasteiger partial charge >= 0.3 is 5.69 Å². The average molecular weight is 351 g/mol. The van der Waals surface area contributed by atoms with Crippen LogP contribution in [0.3, 0.4) is 0 Å². The Morgan fingerprint density at radius 3 is 2.68 bits per heavy atom. The summed E-state index contributed by atoms with van der Waals surface area (Å²) in [6.07, 6.45) is 0.340. The molecular weight excluding hydrogens is 326 g/mol. The van der Waals surface area contributed by atoms with Crippen LogP contribution in [0, 0.1) is 10.1 Å². The summed E-state index contributed by atoms with van der Waals surface area (Å²) in [5, 5.41) is 13.7. The molecule has 0 aromatic heterocycles. The third-order valence-electron chi connectivity index (χ3n) is 4.09. The largest absolute Gasteiger partial charge is 0.477 e. The van der Waals surface area contributed by atoms with Gasteiger partial charge in [-0.05, 0) is 26.8 Å². The molecule has 1 fully saturated rings. The predicted molar refractivity (Wildman–Crippen MR) is 92.6 cm³/mol. The van der Waals surface area contributed by atoms with Crippen molar-refractivity contribution >= 4 is 11.6 Å². The zero-order valence-electron chi connectivity index (χ0n) is 14.8. The highest BCUT2D eigenvalue weighted by Gasteiger charge is 2.25. The normalized spacial score (nSPS) is 22.2. The van der Waals surface area contributed by atoms with E-state index in [-0.39, 0.29) is 42.2 Å². The molecule has 1 N–H and O–H groups in total. The van der Waals surface area contributed by atoms with Crippen molar-refractivity contribution in [2.75, 3.05) is 26.2 Å². The maximum absolute atomic E-state index is 12.0. The van der Waals surface area contributed by atoms with Gasteiger partial charge in [0.15, 0.2) is 12.4 Å². The number of hydrogen-bond donors (Lipinski definition) is 1. The summed E-state index contributed by atoms with van der Waals surface area (Å²) < 4.78 is 11.0.